The van der Waals surface area contributed by atoms with E-state index in [1.807, 2.05) is 24.8 Å². The summed E-state index contributed by atoms with van der Waals surface area (Å²) in [6, 6.07) is -1.04. The quantitative estimate of drug-likeness (QED) is 0.210. The summed E-state index contributed by atoms with van der Waals surface area (Å²) in [5.41, 5.74) is 0. The molecule has 4 rings (SSSR count). The van der Waals surface area contributed by atoms with Crippen LogP contribution < -0.4 is 0 Å². The largest absolute Gasteiger partial charge is 0.465 e. The van der Waals surface area contributed by atoms with Crippen molar-refractivity contribution in [2.45, 2.75) is 106 Å². The second-order valence-electron chi connectivity index (χ2n) is 11.8. The number of amides is 2. The molecule has 2 bridgehead atoms. The summed E-state index contributed by atoms with van der Waals surface area (Å²) >= 11 is 1.67. The number of hydrogen-bond acceptors (Lipinski definition) is 6. The molecule has 4 aliphatic rings. The minimum absolute atomic E-state index is 0.0174. The van der Waals surface area contributed by atoms with Crippen LogP contribution in [0.5, 0.6) is 0 Å². The van der Waals surface area contributed by atoms with Gasteiger partial charge in [-0.15, -0.1) is 24.9 Å². The third kappa shape index (κ3) is 5.19. The number of unbranched alkanes of at least 4 members (excludes halogenated alkanes) is 2. The van der Waals surface area contributed by atoms with Gasteiger partial charge in [-0.25, -0.2) is 0 Å². The van der Waals surface area contributed by atoms with Gasteiger partial charge in [0.15, 0.2) is 0 Å². The third-order valence-corrected chi connectivity index (χ3v) is 11.2. The van der Waals surface area contributed by atoms with Crippen molar-refractivity contribution >= 4 is 29.5 Å². The van der Waals surface area contributed by atoms with Crippen molar-refractivity contribution in [3.05, 3.63) is 25.3 Å². The van der Waals surface area contributed by atoms with Crippen LogP contribution in [-0.4, -0.2) is 80.6 Å². The number of esters is 1. The van der Waals surface area contributed by atoms with Gasteiger partial charge >= 0.3 is 5.97 Å². The zero-order chi connectivity index (χ0) is 27.4. The first kappa shape index (κ1) is 29.2. The molecule has 1 aliphatic carbocycles. The normalized spacial score (nSPS) is 31.4. The molecule has 3 saturated heterocycles. The van der Waals surface area contributed by atoms with E-state index in [-0.39, 0.29) is 41.6 Å². The molecule has 1 saturated carbocycles. The Morgan fingerprint density at radius 3 is 2.55 bits per heavy atom. The Hall–Kier alpha value is -1.80. The molecule has 1 spiro atoms. The summed E-state index contributed by atoms with van der Waals surface area (Å²) in [7, 11) is 0. The topological polar surface area (TPSA) is 87.1 Å². The number of allylic oxidation sites excluding steroid dienone is 1. The fourth-order valence-corrected chi connectivity index (χ4v) is 9.57. The molecule has 212 valence electrons. The van der Waals surface area contributed by atoms with Crippen LogP contribution in [0.2, 0.25) is 0 Å². The number of likely N-dealkylation sites (tertiary alicyclic amines) is 1. The molecular formula is C30H46N2O5S. The Morgan fingerprint density at radius 1 is 1.18 bits per heavy atom. The lowest BCUT2D eigenvalue weighted by atomic mass is 9.71. The van der Waals surface area contributed by atoms with Crippen molar-refractivity contribution in [3.63, 3.8) is 0 Å². The van der Waals surface area contributed by atoms with Crippen LogP contribution in [0.1, 0.15) is 78.1 Å². The molecule has 3 aliphatic heterocycles. The molecule has 2 unspecified atom stereocenters. The van der Waals surface area contributed by atoms with Crippen LogP contribution in [-0.2, 0) is 19.1 Å². The number of carbonyl (C=O) groups excluding carboxylic acids is 3. The molecule has 6 atom stereocenters. The summed E-state index contributed by atoms with van der Waals surface area (Å²) in [5, 5.41) is 10.4. The first-order valence-corrected chi connectivity index (χ1v) is 15.5. The molecule has 4 fully saturated rings. The van der Waals surface area contributed by atoms with Gasteiger partial charge in [-0.3, -0.25) is 14.4 Å². The zero-order valence-corrected chi connectivity index (χ0v) is 24.0. The second-order valence-corrected chi connectivity index (χ2v) is 13.4. The lowest BCUT2D eigenvalue weighted by Crippen LogP contribution is -2.60. The summed E-state index contributed by atoms with van der Waals surface area (Å²) in [6.45, 7) is 12.2. The standard InChI is InChI=1S/C30H46N2O5S/c1-5-7-8-12-18-37-29(36)24-23-15-16-30(38-23)25(24)27(34)32(22(19-33)20(3)4)26(30)28(35)31(17-6-2)21-13-10-9-11-14-21/h5-6,20-26,33H,1-2,7-19H2,3-4H3/t22-,23+,24-,25-,26?,30?/m0/s1. The van der Waals surface area contributed by atoms with Crippen LogP contribution >= 0.6 is 11.8 Å². The predicted molar refractivity (Wildman–Crippen MR) is 150 cm³/mol. The fourth-order valence-electron chi connectivity index (χ4n) is 7.38. The van der Waals surface area contributed by atoms with Crippen molar-refractivity contribution < 1.29 is 24.2 Å². The van der Waals surface area contributed by atoms with E-state index >= 15 is 0 Å². The highest BCUT2D eigenvalue weighted by Crippen LogP contribution is 2.67. The number of rotatable bonds is 13. The molecule has 0 aromatic rings. The highest BCUT2D eigenvalue weighted by molar-refractivity contribution is 8.02. The van der Waals surface area contributed by atoms with Crippen LogP contribution in [0.4, 0.5) is 0 Å². The molecule has 1 N–H and O–H groups in total. The molecule has 2 amide bonds. The lowest BCUT2D eigenvalue weighted by Gasteiger charge is -2.43. The number of aliphatic hydroxyl groups excluding tert-OH is 1. The maximum Gasteiger partial charge on any atom is 0.310 e. The van der Waals surface area contributed by atoms with Gasteiger partial charge in [0.2, 0.25) is 11.8 Å². The van der Waals surface area contributed by atoms with E-state index in [9.17, 15) is 19.5 Å². The molecular weight excluding hydrogens is 500 g/mol. The lowest BCUT2D eigenvalue weighted by molar-refractivity contribution is -0.155. The number of aliphatic hydroxyl groups is 1. The van der Waals surface area contributed by atoms with Gasteiger partial charge < -0.3 is 19.6 Å². The Bertz CT molecular complexity index is 903. The van der Waals surface area contributed by atoms with E-state index in [2.05, 4.69) is 13.2 Å². The highest BCUT2D eigenvalue weighted by atomic mass is 32.2. The van der Waals surface area contributed by atoms with Crippen LogP contribution in [0, 0.1) is 17.8 Å². The molecule has 0 radical (unpaired) electrons. The van der Waals surface area contributed by atoms with E-state index in [4.69, 9.17) is 4.74 Å². The molecule has 7 nitrogen and oxygen atoms in total. The fraction of sp³-hybridized carbons (Fsp3) is 0.767. The molecule has 38 heavy (non-hydrogen) atoms. The number of ether oxygens (including phenoxy) is 1. The summed E-state index contributed by atoms with van der Waals surface area (Å²) in [5.74, 6) is -1.69. The van der Waals surface area contributed by atoms with Crippen LogP contribution in [0.3, 0.4) is 0 Å². The van der Waals surface area contributed by atoms with E-state index in [0.717, 1.165) is 57.8 Å². The SMILES string of the molecule is C=CCCCCOC(=O)[C@@H]1[C@H]2C(=O)N([C@@H](CO)C(C)C)C(C(=O)N(CC=C)C3CCCCC3)C23CC[C@H]1S3. The Labute approximate surface area is 232 Å². The van der Waals surface area contributed by atoms with Gasteiger partial charge in [-0.05, 0) is 50.9 Å². The zero-order valence-electron chi connectivity index (χ0n) is 23.2. The van der Waals surface area contributed by atoms with Crippen molar-refractivity contribution in [3.8, 4) is 0 Å². The van der Waals surface area contributed by atoms with E-state index in [1.54, 1.807) is 22.7 Å². The van der Waals surface area contributed by atoms with Gasteiger partial charge in [0, 0.05) is 17.8 Å². The average molecular weight is 547 g/mol. The predicted octanol–water partition coefficient (Wildman–Crippen LogP) is 4.34. The molecule has 0 aromatic heterocycles. The third-order valence-electron chi connectivity index (χ3n) is 9.23. The molecule has 0 aromatic carbocycles. The maximum atomic E-state index is 14.6. The maximum absolute atomic E-state index is 14.6. The van der Waals surface area contributed by atoms with Gasteiger partial charge in [0.05, 0.1) is 35.8 Å². The molecule has 3 heterocycles. The van der Waals surface area contributed by atoms with Crippen LogP contribution in [0.15, 0.2) is 25.3 Å². The van der Waals surface area contributed by atoms with Gasteiger partial charge in [0.25, 0.3) is 0 Å². The Balaban J connectivity index is 1.67. The number of nitrogens with zero attached hydrogens (tertiary/aromatic N) is 2. The smallest absolute Gasteiger partial charge is 0.310 e. The summed E-state index contributed by atoms with van der Waals surface area (Å²) < 4.78 is 5.04. The highest BCUT2D eigenvalue weighted by Gasteiger charge is 2.75. The van der Waals surface area contributed by atoms with E-state index in [1.165, 1.54) is 6.42 Å². The number of thioether (sulfide) groups is 1. The monoisotopic (exact) mass is 546 g/mol. The minimum atomic E-state index is -0.693. The first-order valence-electron chi connectivity index (χ1n) is 14.6. The van der Waals surface area contributed by atoms with E-state index in [0.29, 0.717) is 13.2 Å². The van der Waals surface area contributed by atoms with Crippen molar-refractivity contribution in [1.29, 1.82) is 0 Å². The summed E-state index contributed by atoms with van der Waals surface area (Å²) in [6.07, 6.45) is 13.0. The van der Waals surface area contributed by atoms with Gasteiger partial charge in [-0.1, -0.05) is 45.3 Å². The van der Waals surface area contributed by atoms with Gasteiger partial charge in [-0.2, -0.15) is 0 Å². The number of carbonyl (C=O) groups is 3. The average Bonchev–Trinajstić information content (AvgIpc) is 3.55. The number of hydrogen-bond donors (Lipinski definition) is 1. The summed E-state index contributed by atoms with van der Waals surface area (Å²) in [4.78, 5) is 45.9. The van der Waals surface area contributed by atoms with Crippen molar-refractivity contribution in [2.24, 2.45) is 17.8 Å². The Kier molecular flexibility index (Phi) is 9.67. The van der Waals surface area contributed by atoms with E-state index < -0.39 is 28.7 Å². The second kappa shape index (κ2) is 12.6. The minimum Gasteiger partial charge on any atom is -0.465 e. The van der Waals surface area contributed by atoms with Crippen molar-refractivity contribution in [2.75, 3.05) is 19.8 Å². The number of fused-ring (bicyclic) bond motifs is 1. The first-order chi connectivity index (χ1) is 18.3. The van der Waals surface area contributed by atoms with Crippen LogP contribution in [0.25, 0.3) is 0 Å². The van der Waals surface area contributed by atoms with Gasteiger partial charge in [0.1, 0.15) is 6.04 Å². The molecule has 8 heteroatoms. The van der Waals surface area contributed by atoms with Crippen molar-refractivity contribution in [1.82, 2.24) is 9.80 Å². The Morgan fingerprint density at radius 2 is 1.92 bits per heavy atom.